The van der Waals surface area contributed by atoms with Gasteiger partial charge in [0.1, 0.15) is 0 Å². The number of hydrogen-bond donors (Lipinski definition) is 0. The smallest absolute Gasteiger partial charge is 0.223 e. The molecule has 2 rings (SSSR count). The summed E-state index contributed by atoms with van der Waals surface area (Å²) in [6.45, 7) is 5.51. The van der Waals surface area contributed by atoms with Gasteiger partial charge in [-0.25, -0.2) is 0 Å². The molecule has 0 unspecified atom stereocenters. The minimum Gasteiger partial charge on any atom is -0.375 e. The number of rotatable bonds is 2. The fourth-order valence-electron chi connectivity index (χ4n) is 2.46. The normalized spacial score (nSPS) is 34.4. The molecule has 3 heteroatoms. The molecule has 0 saturated carbocycles. The van der Waals surface area contributed by atoms with Gasteiger partial charge in [0.2, 0.25) is 5.91 Å². The molecule has 0 aromatic rings. The number of carbonyl (C=O) groups excluding carboxylic acids is 1. The van der Waals surface area contributed by atoms with Gasteiger partial charge in [0.15, 0.2) is 0 Å². The van der Waals surface area contributed by atoms with E-state index in [-0.39, 0.29) is 12.1 Å². The van der Waals surface area contributed by atoms with Gasteiger partial charge in [-0.2, -0.15) is 0 Å². The highest BCUT2D eigenvalue weighted by atomic mass is 16.5. The van der Waals surface area contributed by atoms with Crippen LogP contribution in [0.3, 0.4) is 0 Å². The van der Waals surface area contributed by atoms with E-state index in [4.69, 9.17) is 4.74 Å². The highest BCUT2D eigenvalue weighted by Gasteiger charge is 2.28. The average Bonchev–Trinajstić information content (AvgIpc) is 2.74. The lowest BCUT2D eigenvalue weighted by atomic mass is 10.0. The Hall–Kier alpha value is -0.830. The van der Waals surface area contributed by atoms with Crippen LogP contribution in [0.2, 0.25) is 0 Å². The molecule has 1 amide bonds. The third-order valence-electron chi connectivity index (χ3n) is 3.48. The summed E-state index contributed by atoms with van der Waals surface area (Å²) < 4.78 is 5.53. The topological polar surface area (TPSA) is 29.5 Å². The van der Waals surface area contributed by atoms with E-state index in [1.165, 1.54) is 0 Å². The maximum atomic E-state index is 12.1. The Balaban J connectivity index is 1.89. The van der Waals surface area contributed by atoms with Crippen molar-refractivity contribution < 1.29 is 9.53 Å². The van der Waals surface area contributed by atoms with Crippen molar-refractivity contribution >= 4 is 5.91 Å². The van der Waals surface area contributed by atoms with E-state index >= 15 is 0 Å². The lowest BCUT2D eigenvalue weighted by molar-refractivity contribution is -0.143. The van der Waals surface area contributed by atoms with Crippen LogP contribution in [-0.2, 0) is 9.53 Å². The van der Waals surface area contributed by atoms with Gasteiger partial charge < -0.3 is 9.64 Å². The molecule has 2 aliphatic rings. The van der Waals surface area contributed by atoms with Crippen molar-refractivity contribution in [3.8, 4) is 0 Å². The Morgan fingerprint density at radius 3 is 3.00 bits per heavy atom. The fourth-order valence-corrected chi connectivity index (χ4v) is 2.46. The van der Waals surface area contributed by atoms with Crippen LogP contribution in [0.25, 0.3) is 0 Å². The summed E-state index contributed by atoms with van der Waals surface area (Å²) in [6.07, 6.45) is 7.50. The second kappa shape index (κ2) is 5.00. The van der Waals surface area contributed by atoms with Crippen molar-refractivity contribution in [2.45, 2.75) is 45.3 Å². The predicted molar refractivity (Wildman–Crippen MR) is 63.1 cm³/mol. The first kappa shape index (κ1) is 11.6. The lowest BCUT2D eigenvalue weighted by Gasteiger charge is -2.37. The van der Waals surface area contributed by atoms with E-state index in [0.29, 0.717) is 24.9 Å². The van der Waals surface area contributed by atoms with Crippen LogP contribution in [0, 0.1) is 5.92 Å². The van der Waals surface area contributed by atoms with Crippen molar-refractivity contribution in [1.29, 1.82) is 0 Å². The second-order valence-electron chi connectivity index (χ2n) is 5.01. The maximum absolute atomic E-state index is 12.1. The third kappa shape index (κ3) is 2.64. The Bertz CT molecular complexity index is 288. The number of amides is 1. The molecule has 0 bridgehead atoms. The Morgan fingerprint density at radius 2 is 2.31 bits per heavy atom. The van der Waals surface area contributed by atoms with Gasteiger partial charge in [-0.05, 0) is 32.6 Å². The Labute approximate surface area is 97.5 Å². The van der Waals surface area contributed by atoms with Crippen molar-refractivity contribution in [3.63, 3.8) is 0 Å². The number of ether oxygens (including phenoxy) is 1. The van der Waals surface area contributed by atoms with Crippen molar-refractivity contribution in [1.82, 2.24) is 4.90 Å². The Morgan fingerprint density at radius 1 is 1.50 bits per heavy atom. The second-order valence-corrected chi connectivity index (χ2v) is 5.01. The van der Waals surface area contributed by atoms with Crippen LogP contribution in [-0.4, -0.2) is 36.1 Å². The number of carbonyl (C=O) groups is 1. The molecule has 3 nitrogen and oxygen atoms in total. The van der Waals surface area contributed by atoms with E-state index in [0.717, 1.165) is 19.4 Å². The summed E-state index contributed by atoms with van der Waals surface area (Å²) in [7, 11) is 0. The first-order chi connectivity index (χ1) is 7.66. The summed E-state index contributed by atoms with van der Waals surface area (Å²) in [6, 6.07) is 0.231. The zero-order valence-electron chi connectivity index (χ0n) is 10.2. The highest BCUT2D eigenvalue weighted by Crippen LogP contribution is 2.22. The van der Waals surface area contributed by atoms with Gasteiger partial charge in [0.25, 0.3) is 0 Å². The van der Waals surface area contributed by atoms with Crippen LogP contribution in [0.15, 0.2) is 12.2 Å². The molecule has 3 atom stereocenters. The largest absolute Gasteiger partial charge is 0.375 e. The van der Waals surface area contributed by atoms with Gasteiger partial charge in [-0.3, -0.25) is 4.79 Å². The predicted octanol–water partition coefficient (Wildman–Crippen LogP) is 1.98. The van der Waals surface area contributed by atoms with Gasteiger partial charge in [-0.15, -0.1) is 0 Å². The van der Waals surface area contributed by atoms with Crippen molar-refractivity contribution in [2.75, 3.05) is 13.2 Å². The molecular formula is C13H21NO2. The van der Waals surface area contributed by atoms with Crippen LogP contribution >= 0.6 is 0 Å². The van der Waals surface area contributed by atoms with Gasteiger partial charge in [0, 0.05) is 13.0 Å². The summed E-state index contributed by atoms with van der Waals surface area (Å²) in [5.74, 6) is 0.761. The standard InChI is InChI=1S/C13H21NO2/c1-10-9-16-11(2)8-14(10)13(15)7-12-5-3-4-6-12/h3,5,10-12H,4,6-9H2,1-2H3/t10-,11+,12+/m0/s1. The van der Waals surface area contributed by atoms with E-state index in [1.54, 1.807) is 0 Å². The summed E-state index contributed by atoms with van der Waals surface area (Å²) in [5.41, 5.74) is 0. The average molecular weight is 223 g/mol. The minimum absolute atomic E-state index is 0.180. The number of nitrogens with zero attached hydrogens (tertiary/aromatic N) is 1. The highest BCUT2D eigenvalue weighted by molar-refractivity contribution is 5.77. The van der Waals surface area contributed by atoms with Gasteiger partial charge >= 0.3 is 0 Å². The lowest BCUT2D eigenvalue weighted by Crippen LogP contribution is -2.50. The Kier molecular flexibility index (Phi) is 3.64. The molecule has 90 valence electrons. The third-order valence-corrected chi connectivity index (χ3v) is 3.48. The number of allylic oxidation sites excluding steroid dienone is 2. The molecule has 1 fully saturated rings. The molecule has 0 spiro atoms. The van der Waals surface area contributed by atoms with Crippen LogP contribution in [0.1, 0.15) is 33.1 Å². The molecule has 1 aliphatic carbocycles. The first-order valence-electron chi connectivity index (χ1n) is 6.24. The summed E-state index contributed by atoms with van der Waals surface area (Å²) >= 11 is 0. The van der Waals surface area contributed by atoms with E-state index in [1.807, 2.05) is 11.8 Å². The number of hydrogen-bond acceptors (Lipinski definition) is 2. The van der Waals surface area contributed by atoms with Crippen LogP contribution < -0.4 is 0 Å². The van der Waals surface area contributed by atoms with E-state index < -0.39 is 0 Å². The molecular weight excluding hydrogens is 202 g/mol. The summed E-state index contributed by atoms with van der Waals surface area (Å²) in [4.78, 5) is 14.1. The zero-order chi connectivity index (χ0) is 11.5. The molecule has 0 radical (unpaired) electrons. The molecule has 0 N–H and O–H groups in total. The van der Waals surface area contributed by atoms with Gasteiger partial charge in [0.05, 0.1) is 18.8 Å². The molecule has 0 aromatic heterocycles. The monoisotopic (exact) mass is 223 g/mol. The zero-order valence-corrected chi connectivity index (χ0v) is 10.2. The maximum Gasteiger partial charge on any atom is 0.223 e. The van der Waals surface area contributed by atoms with Crippen molar-refractivity contribution in [3.05, 3.63) is 12.2 Å². The number of morpholine rings is 1. The molecule has 1 saturated heterocycles. The minimum atomic E-state index is 0.180. The molecule has 0 aromatic carbocycles. The molecule has 1 heterocycles. The summed E-state index contributed by atoms with van der Waals surface area (Å²) in [5, 5.41) is 0. The SMILES string of the molecule is C[C@@H]1CN(C(=O)C[C@@H]2C=CCC2)[C@@H](C)CO1. The first-order valence-corrected chi connectivity index (χ1v) is 6.24. The molecule has 1 aliphatic heterocycles. The van der Waals surface area contributed by atoms with Gasteiger partial charge in [-0.1, -0.05) is 12.2 Å². The fraction of sp³-hybridized carbons (Fsp3) is 0.769. The quantitative estimate of drug-likeness (QED) is 0.670. The van der Waals surface area contributed by atoms with E-state index in [9.17, 15) is 4.79 Å². The van der Waals surface area contributed by atoms with Crippen molar-refractivity contribution in [2.24, 2.45) is 5.92 Å². The molecule has 16 heavy (non-hydrogen) atoms. The van der Waals surface area contributed by atoms with Crippen LogP contribution in [0.4, 0.5) is 0 Å². The van der Waals surface area contributed by atoms with Crippen LogP contribution in [0.5, 0.6) is 0 Å². The van der Waals surface area contributed by atoms with E-state index in [2.05, 4.69) is 19.1 Å².